The first-order valence-corrected chi connectivity index (χ1v) is 7.02. The van der Waals surface area contributed by atoms with Gasteiger partial charge in [0.1, 0.15) is 5.75 Å². The highest BCUT2D eigenvalue weighted by atomic mass is 19.1. The fraction of sp³-hybridized carbons (Fsp3) is 0.294. The molecule has 0 spiro atoms. The predicted octanol–water partition coefficient (Wildman–Crippen LogP) is 3.26. The largest absolute Gasteiger partial charge is 0.493 e. The summed E-state index contributed by atoms with van der Waals surface area (Å²) in [6.45, 7) is 0.765. The van der Waals surface area contributed by atoms with Crippen LogP contribution >= 0.6 is 0 Å². The van der Waals surface area contributed by atoms with Crippen molar-refractivity contribution in [2.24, 2.45) is 0 Å². The van der Waals surface area contributed by atoms with Crippen LogP contribution in [0, 0.1) is 5.82 Å². The van der Waals surface area contributed by atoms with Crippen molar-refractivity contribution in [1.29, 1.82) is 0 Å². The maximum absolute atomic E-state index is 13.8. The van der Waals surface area contributed by atoms with Crippen LogP contribution in [-0.2, 0) is 6.61 Å². The average Bonchev–Trinajstić information content (AvgIpc) is 2.53. The van der Waals surface area contributed by atoms with Crippen LogP contribution in [0.3, 0.4) is 0 Å². The Kier molecular flexibility index (Phi) is 4.06. The first kappa shape index (κ1) is 13.9. The molecule has 1 atom stereocenters. The second-order valence-electron chi connectivity index (χ2n) is 5.07. The molecule has 4 heteroatoms. The molecule has 1 unspecified atom stereocenters. The zero-order valence-corrected chi connectivity index (χ0v) is 11.6. The van der Waals surface area contributed by atoms with E-state index in [1.54, 1.807) is 12.1 Å². The van der Waals surface area contributed by atoms with Gasteiger partial charge in [-0.25, -0.2) is 4.39 Å². The molecular weight excluding hydrogens is 271 g/mol. The number of halogens is 1. The van der Waals surface area contributed by atoms with E-state index in [1.165, 1.54) is 6.07 Å². The van der Waals surface area contributed by atoms with E-state index in [0.717, 1.165) is 17.7 Å². The van der Waals surface area contributed by atoms with Crippen LogP contribution in [0.2, 0.25) is 0 Å². The SMILES string of the molecule is OCc1cccc(F)c1OCC1CCOc2ccccc21. The van der Waals surface area contributed by atoms with E-state index in [1.807, 2.05) is 24.3 Å². The summed E-state index contributed by atoms with van der Waals surface area (Å²) in [5.74, 6) is 0.736. The van der Waals surface area contributed by atoms with Crippen molar-refractivity contribution < 1.29 is 19.0 Å². The summed E-state index contributed by atoms with van der Waals surface area (Å²) in [6, 6.07) is 12.4. The minimum absolute atomic E-state index is 0.143. The van der Waals surface area contributed by atoms with E-state index in [9.17, 15) is 9.50 Å². The standard InChI is InChI=1S/C17H17FO3/c18-15-6-3-4-12(10-19)17(15)21-11-13-8-9-20-16-7-2-1-5-14(13)16/h1-7,13,19H,8-11H2. The van der Waals surface area contributed by atoms with E-state index < -0.39 is 5.82 Å². The monoisotopic (exact) mass is 288 g/mol. The average molecular weight is 288 g/mol. The van der Waals surface area contributed by atoms with Crippen LogP contribution in [0.15, 0.2) is 42.5 Å². The highest BCUT2D eigenvalue weighted by Crippen LogP contribution is 2.34. The Morgan fingerprint density at radius 2 is 2.05 bits per heavy atom. The number of hydrogen-bond acceptors (Lipinski definition) is 3. The van der Waals surface area contributed by atoms with Crippen molar-refractivity contribution in [3.63, 3.8) is 0 Å². The molecule has 1 aliphatic heterocycles. The third-order valence-electron chi connectivity index (χ3n) is 3.73. The van der Waals surface area contributed by atoms with E-state index >= 15 is 0 Å². The molecule has 2 aromatic carbocycles. The zero-order valence-electron chi connectivity index (χ0n) is 11.6. The van der Waals surface area contributed by atoms with Crippen molar-refractivity contribution in [2.45, 2.75) is 18.9 Å². The third-order valence-corrected chi connectivity index (χ3v) is 3.73. The number of hydrogen-bond donors (Lipinski definition) is 1. The summed E-state index contributed by atoms with van der Waals surface area (Å²) < 4.78 is 25.1. The molecule has 110 valence electrons. The van der Waals surface area contributed by atoms with Gasteiger partial charge in [-0.2, -0.15) is 0 Å². The first-order valence-electron chi connectivity index (χ1n) is 7.02. The number of aliphatic hydroxyl groups is 1. The molecule has 0 aromatic heterocycles. The summed E-state index contributed by atoms with van der Waals surface area (Å²) in [7, 11) is 0. The Labute approximate surface area is 122 Å². The molecule has 0 saturated heterocycles. The normalized spacial score (nSPS) is 17.0. The van der Waals surface area contributed by atoms with Gasteiger partial charge in [0.25, 0.3) is 0 Å². The van der Waals surface area contributed by atoms with Crippen LogP contribution in [0.1, 0.15) is 23.5 Å². The zero-order chi connectivity index (χ0) is 14.7. The van der Waals surface area contributed by atoms with Crippen LogP contribution in [0.5, 0.6) is 11.5 Å². The van der Waals surface area contributed by atoms with Crippen molar-refractivity contribution in [1.82, 2.24) is 0 Å². The molecule has 0 saturated carbocycles. The highest BCUT2D eigenvalue weighted by Gasteiger charge is 2.22. The van der Waals surface area contributed by atoms with Crippen molar-refractivity contribution >= 4 is 0 Å². The molecule has 0 bridgehead atoms. The number of para-hydroxylation sites is 2. The lowest BCUT2D eigenvalue weighted by atomic mass is 9.94. The van der Waals surface area contributed by atoms with Crippen LogP contribution in [-0.4, -0.2) is 18.3 Å². The Hall–Kier alpha value is -2.07. The number of fused-ring (bicyclic) bond motifs is 1. The summed E-state index contributed by atoms with van der Waals surface area (Å²) in [6.07, 6.45) is 0.833. The van der Waals surface area contributed by atoms with E-state index in [-0.39, 0.29) is 18.3 Å². The summed E-state index contributed by atoms with van der Waals surface area (Å²) in [5, 5.41) is 9.27. The predicted molar refractivity (Wildman–Crippen MR) is 77.1 cm³/mol. The van der Waals surface area contributed by atoms with Gasteiger partial charge in [0, 0.05) is 17.0 Å². The maximum atomic E-state index is 13.8. The fourth-order valence-electron chi connectivity index (χ4n) is 2.61. The molecule has 3 rings (SSSR count). The molecule has 1 N–H and O–H groups in total. The molecule has 1 heterocycles. The summed E-state index contributed by atoms with van der Waals surface area (Å²) in [4.78, 5) is 0. The lowest BCUT2D eigenvalue weighted by Gasteiger charge is -2.26. The second-order valence-corrected chi connectivity index (χ2v) is 5.07. The second kappa shape index (κ2) is 6.14. The molecule has 0 fully saturated rings. The third kappa shape index (κ3) is 2.85. The molecule has 0 aliphatic carbocycles. The Balaban J connectivity index is 1.78. The number of aliphatic hydroxyl groups excluding tert-OH is 1. The van der Waals surface area contributed by atoms with Gasteiger partial charge in [-0.3, -0.25) is 0 Å². The van der Waals surface area contributed by atoms with Gasteiger partial charge < -0.3 is 14.6 Å². The molecule has 0 radical (unpaired) electrons. The number of rotatable bonds is 4. The lowest BCUT2D eigenvalue weighted by Crippen LogP contribution is -2.20. The van der Waals surface area contributed by atoms with Gasteiger partial charge in [-0.15, -0.1) is 0 Å². The van der Waals surface area contributed by atoms with Gasteiger partial charge in [-0.05, 0) is 18.6 Å². The van der Waals surface area contributed by atoms with Crippen LogP contribution in [0.25, 0.3) is 0 Å². The maximum Gasteiger partial charge on any atom is 0.165 e. The van der Waals surface area contributed by atoms with Gasteiger partial charge in [0.15, 0.2) is 11.6 Å². The fourth-order valence-corrected chi connectivity index (χ4v) is 2.61. The van der Waals surface area contributed by atoms with Crippen LogP contribution < -0.4 is 9.47 Å². The lowest BCUT2D eigenvalue weighted by molar-refractivity contribution is 0.206. The van der Waals surface area contributed by atoms with E-state index in [4.69, 9.17) is 9.47 Å². The Bertz CT molecular complexity index is 627. The number of benzene rings is 2. The molecule has 3 nitrogen and oxygen atoms in total. The van der Waals surface area contributed by atoms with Gasteiger partial charge in [0.2, 0.25) is 0 Å². The van der Waals surface area contributed by atoms with E-state index in [0.29, 0.717) is 18.8 Å². The van der Waals surface area contributed by atoms with Crippen LogP contribution in [0.4, 0.5) is 4.39 Å². The van der Waals surface area contributed by atoms with Gasteiger partial charge >= 0.3 is 0 Å². The quantitative estimate of drug-likeness (QED) is 0.938. The molecule has 1 aliphatic rings. The highest BCUT2D eigenvalue weighted by molar-refractivity contribution is 5.38. The van der Waals surface area contributed by atoms with Gasteiger partial charge in [0.05, 0.1) is 19.8 Å². The molecule has 21 heavy (non-hydrogen) atoms. The van der Waals surface area contributed by atoms with Crippen molar-refractivity contribution in [3.05, 3.63) is 59.4 Å². The number of ether oxygens (including phenoxy) is 2. The van der Waals surface area contributed by atoms with Gasteiger partial charge in [-0.1, -0.05) is 30.3 Å². The molecule has 0 amide bonds. The van der Waals surface area contributed by atoms with Crippen molar-refractivity contribution in [3.8, 4) is 11.5 Å². The molecule has 2 aromatic rings. The summed E-state index contributed by atoms with van der Waals surface area (Å²) >= 11 is 0. The Morgan fingerprint density at radius 1 is 1.19 bits per heavy atom. The smallest absolute Gasteiger partial charge is 0.165 e. The summed E-state index contributed by atoms with van der Waals surface area (Å²) in [5.41, 5.74) is 1.56. The first-order chi connectivity index (χ1) is 10.3. The molecular formula is C17H17FO3. The minimum Gasteiger partial charge on any atom is -0.493 e. The minimum atomic E-state index is -0.443. The topological polar surface area (TPSA) is 38.7 Å². The Morgan fingerprint density at radius 3 is 2.90 bits per heavy atom. The van der Waals surface area contributed by atoms with E-state index in [2.05, 4.69) is 0 Å². The van der Waals surface area contributed by atoms with Crippen molar-refractivity contribution in [2.75, 3.05) is 13.2 Å².